The number of hydrogen-bond acceptors (Lipinski definition) is 3. The molecule has 1 atom stereocenters. The van der Waals surface area contributed by atoms with E-state index in [-0.39, 0.29) is 11.7 Å². The fourth-order valence-electron chi connectivity index (χ4n) is 1.64. The monoisotopic (exact) mass is 292 g/mol. The fraction of sp³-hybridized carbons (Fsp3) is 0.417. The molecule has 7 heteroatoms. The summed E-state index contributed by atoms with van der Waals surface area (Å²) in [6.07, 6.45) is -3.76. The van der Waals surface area contributed by atoms with Crippen molar-refractivity contribution in [2.24, 2.45) is 4.99 Å². The van der Waals surface area contributed by atoms with Crippen LogP contribution in [0.1, 0.15) is 18.9 Å². The van der Waals surface area contributed by atoms with Gasteiger partial charge in [-0.05, 0) is 31.5 Å². The molecular weight excluding hydrogens is 280 g/mol. The van der Waals surface area contributed by atoms with Gasteiger partial charge in [-0.2, -0.15) is 13.2 Å². The van der Waals surface area contributed by atoms with Gasteiger partial charge in [-0.15, -0.1) is 0 Å². The van der Waals surface area contributed by atoms with Gasteiger partial charge in [0.05, 0.1) is 11.6 Å². The van der Waals surface area contributed by atoms with E-state index in [0.717, 1.165) is 24.3 Å². The molecule has 0 bridgehead atoms. The summed E-state index contributed by atoms with van der Waals surface area (Å²) in [6.45, 7) is 1.94. The number of rotatable bonds is 1. The largest absolute Gasteiger partial charge is 0.419 e. The molecule has 0 saturated heterocycles. The molecule has 1 aromatic carbocycles. The quantitative estimate of drug-likeness (QED) is 0.787. The van der Waals surface area contributed by atoms with Gasteiger partial charge in [-0.1, -0.05) is 11.8 Å². The van der Waals surface area contributed by atoms with Crippen LogP contribution in [0.15, 0.2) is 23.2 Å². The van der Waals surface area contributed by atoms with E-state index in [9.17, 15) is 17.6 Å². The molecule has 0 amide bonds. The first-order chi connectivity index (χ1) is 8.86. The first-order valence-corrected chi connectivity index (χ1v) is 6.69. The van der Waals surface area contributed by atoms with E-state index in [1.54, 1.807) is 0 Å². The van der Waals surface area contributed by atoms with Crippen LogP contribution in [-0.2, 0) is 6.18 Å². The molecule has 2 nitrogen and oxygen atoms in total. The Hall–Kier alpha value is -1.24. The summed E-state index contributed by atoms with van der Waals surface area (Å²) in [6, 6.07) is 2.99. The van der Waals surface area contributed by atoms with E-state index >= 15 is 0 Å². The van der Waals surface area contributed by atoms with E-state index in [1.807, 2.05) is 6.92 Å². The first kappa shape index (κ1) is 14.2. The van der Waals surface area contributed by atoms with Gasteiger partial charge in [0.1, 0.15) is 5.82 Å². The minimum absolute atomic E-state index is 0.145. The Morgan fingerprint density at radius 3 is 2.74 bits per heavy atom. The van der Waals surface area contributed by atoms with Crippen LogP contribution in [0, 0.1) is 5.82 Å². The zero-order chi connectivity index (χ0) is 14.0. The third-order valence-corrected chi connectivity index (χ3v) is 3.56. The molecule has 0 spiro atoms. The molecule has 104 valence electrons. The second kappa shape index (κ2) is 5.40. The van der Waals surface area contributed by atoms with Crippen molar-refractivity contribution in [1.82, 2.24) is 0 Å². The molecule has 0 aromatic heterocycles. The molecule has 1 N–H and O–H groups in total. The molecule has 19 heavy (non-hydrogen) atoms. The number of alkyl halides is 3. The second-order valence-corrected chi connectivity index (χ2v) is 5.32. The van der Waals surface area contributed by atoms with E-state index in [4.69, 9.17) is 0 Å². The lowest BCUT2D eigenvalue weighted by molar-refractivity contribution is -0.139. The average Bonchev–Trinajstić information content (AvgIpc) is 2.30. The summed E-state index contributed by atoms with van der Waals surface area (Å²) in [4.78, 5) is 4.29. The van der Waals surface area contributed by atoms with Crippen LogP contribution in [0.5, 0.6) is 0 Å². The number of anilines is 1. The highest BCUT2D eigenvalue weighted by molar-refractivity contribution is 8.14. The van der Waals surface area contributed by atoms with E-state index in [1.165, 1.54) is 17.8 Å². The van der Waals surface area contributed by atoms with Crippen LogP contribution in [0.3, 0.4) is 0 Å². The van der Waals surface area contributed by atoms with Gasteiger partial charge in [0.15, 0.2) is 5.17 Å². The Bertz CT molecular complexity index is 499. The molecule has 1 aliphatic rings. The number of hydrogen-bond donors (Lipinski definition) is 1. The highest BCUT2D eigenvalue weighted by atomic mass is 32.2. The van der Waals surface area contributed by atoms with Crippen LogP contribution in [0.25, 0.3) is 0 Å². The average molecular weight is 292 g/mol. The predicted molar refractivity (Wildman–Crippen MR) is 69.0 cm³/mol. The zero-order valence-electron chi connectivity index (χ0n) is 10.1. The summed E-state index contributed by atoms with van der Waals surface area (Å²) in [5.41, 5.74) is -1.08. The van der Waals surface area contributed by atoms with Crippen molar-refractivity contribution in [2.75, 3.05) is 11.1 Å². The van der Waals surface area contributed by atoms with Crippen LogP contribution in [0.2, 0.25) is 0 Å². The molecule has 0 aliphatic carbocycles. The van der Waals surface area contributed by atoms with Gasteiger partial charge in [0.25, 0.3) is 0 Å². The Morgan fingerprint density at radius 2 is 2.11 bits per heavy atom. The lowest BCUT2D eigenvalue weighted by Gasteiger charge is -2.18. The zero-order valence-corrected chi connectivity index (χ0v) is 10.9. The number of aliphatic imine (C=N–C) groups is 1. The molecule has 0 fully saturated rings. The van der Waals surface area contributed by atoms with E-state index in [2.05, 4.69) is 10.3 Å². The van der Waals surface area contributed by atoms with Crippen LogP contribution in [0.4, 0.5) is 23.2 Å². The van der Waals surface area contributed by atoms with Gasteiger partial charge in [0, 0.05) is 11.4 Å². The maximum Gasteiger partial charge on any atom is 0.419 e. The summed E-state index contributed by atoms with van der Waals surface area (Å²) in [5, 5.41) is 3.37. The number of benzene rings is 1. The Morgan fingerprint density at radius 1 is 1.37 bits per heavy atom. The van der Waals surface area contributed by atoms with Crippen LogP contribution >= 0.6 is 11.8 Å². The third-order valence-electron chi connectivity index (χ3n) is 2.64. The second-order valence-electron chi connectivity index (χ2n) is 4.24. The number of thioether (sulfide) groups is 1. The SMILES string of the molecule is CC1CCSC(Nc2ccc(F)c(C(F)(F)F)c2)=N1. The molecule has 0 radical (unpaired) electrons. The Kier molecular flexibility index (Phi) is 4.03. The summed E-state index contributed by atoms with van der Waals surface area (Å²) < 4.78 is 50.8. The van der Waals surface area contributed by atoms with E-state index in [0.29, 0.717) is 5.17 Å². The van der Waals surface area contributed by atoms with Crippen molar-refractivity contribution in [3.63, 3.8) is 0 Å². The maximum atomic E-state index is 13.1. The summed E-state index contributed by atoms with van der Waals surface area (Å²) in [5.74, 6) is -0.412. The maximum absolute atomic E-state index is 13.1. The van der Waals surface area contributed by atoms with Crippen molar-refractivity contribution < 1.29 is 17.6 Å². The smallest absolute Gasteiger partial charge is 0.335 e. The Balaban J connectivity index is 2.22. The van der Waals surface area contributed by atoms with Crippen molar-refractivity contribution >= 4 is 22.6 Å². The van der Waals surface area contributed by atoms with Gasteiger partial charge in [0.2, 0.25) is 0 Å². The standard InChI is InChI=1S/C12H12F4N2S/c1-7-4-5-19-11(17-7)18-8-2-3-10(13)9(6-8)12(14,15)16/h2-3,6-7H,4-5H2,1H3,(H,17,18). The van der Waals surface area contributed by atoms with E-state index < -0.39 is 17.6 Å². The highest BCUT2D eigenvalue weighted by Gasteiger charge is 2.34. The Labute approximate surface area is 112 Å². The number of nitrogens with one attached hydrogen (secondary N) is 1. The summed E-state index contributed by atoms with van der Waals surface area (Å²) in [7, 11) is 0. The molecule has 1 aliphatic heterocycles. The predicted octanol–water partition coefficient (Wildman–Crippen LogP) is 4.14. The molecule has 2 rings (SSSR count). The lowest BCUT2D eigenvalue weighted by atomic mass is 10.2. The van der Waals surface area contributed by atoms with Crippen molar-refractivity contribution in [1.29, 1.82) is 0 Å². The van der Waals surface area contributed by atoms with Gasteiger partial charge in [-0.25, -0.2) is 4.39 Å². The number of nitrogens with zero attached hydrogens (tertiary/aromatic N) is 1. The lowest BCUT2D eigenvalue weighted by Crippen LogP contribution is -2.18. The minimum Gasteiger partial charge on any atom is -0.335 e. The molecular formula is C12H12F4N2S. The van der Waals surface area contributed by atoms with Crippen molar-refractivity contribution in [2.45, 2.75) is 25.6 Å². The molecule has 1 heterocycles. The fourth-order valence-corrected chi connectivity index (χ4v) is 2.74. The molecule has 0 saturated carbocycles. The van der Waals surface area contributed by atoms with Crippen molar-refractivity contribution in [3.8, 4) is 0 Å². The topological polar surface area (TPSA) is 24.4 Å². The molecule has 1 aromatic rings. The third kappa shape index (κ3) is 3.62. The highest BCUT2D eigenvalue weighted by Crippen LogP contribution is 2.33. The minimum atomic E-state index is -4.70. The van der Waals surface area contributed by atoms with Crippen molar-refractivity contribution in [3.05, 3.63) is 29.6 Å². The number of amidine groups is 1. The van der Waals surface area contributed by atoms with Crippen LogP contribution in [-0.4, -0.2) is 17.0 Å². The van der Waals surface area contributed by atoms with Gasteiger partial charge < -0.3 is 5.32 Å². The van der Waals surface area contributed by atoms with Gasteiger partial charge >= 0.3 is 6.18 Å². The molecule has 1 unspecified atom stereocenters. The first-order valence-electron chi connectivity index (χ1n) is 5.70. The van der Waals surface area contributed by atoms with Crippen LogP contribution < -0.4 is 5.32 Å². The number of halogens is 4. The normalized spacial score (nSPS) is 20.1. The van der Waals surface area contributed by atoms with Gasteiger partial charge in [-0.3, -0.25) is 4.99 Å². The summed E-state index contributed by atoms with van der Waals surface area (Å²) >= 11 is 1.44.